The first-order chi connectivity index (χ1) is 13.3. The Morgan fingerprint density at radius 2 is 1.19 bits per heavy atom. The van der Waals surface area contributed by atoms with Crippen LogP contribution in [0.5, 0.6) is 0 Å². The summed E-state index contributed by atoms with van der Waals surface area (Å²) in [6.45, 7) is 0.428. The third kappa shape index (κ3) is 4.25. The molecule has 0 spiro atoms. The predicted molar refractivity (Wildman–Crippen MR) is 106 cm³/mol. The van der Waals surface area contributed by atoms with Crippen LogP contribution in [0.4, 0.5) is 0 Å². The molecule has 0 aromatic heterocycles. The number of nitrogens with zero attached hydrogens (tertiary/aromatic N) is 1. The molecule has 0 heterocycles. The third-order valence-corrected chi connectivity index (χ3v) is 4.63. The normalized spacial score (nSPS) is 12.3. The van der Waals surface area contributed by atoms with Gasteiger partial charge in [-0.3, -0.25) is 0 Å². The Morgan fingerprint density at radius 1 is 0.778 bits per heavy atom. The third-order valence-electron chi connectivity index (χ3n) is 4.63. The van der Waals surface area contributed by atoms with E-state index in [-0.39, 0.29) is 0 Å². The topological polar surface area (TPSA) is 53.2 Å². The van der Waals surface area contributed by atoms with Crippen LogP contribution in [-0.4, -0.2) is 17.8 Å². The molecule has 0 unspecified atom stereocenters. The van der Waals surface area contributed by atoms with Crippen molar-refractivity contribution in [3.8, 4) is 6.07 Å². The summed E-state index contributed by atoms with van der Waals surface area (Å²) in [6, 6.07) is 32.4. The minimum absolute atomic E-state index is 0.394. The second kappa shape index (κ2) is 9.14. The van der Waals surface area contributed by atoms with Crippen molar-refractivity contribution in [1.29, 1.82) is 5.26 Å². The molecular formula is C24H23NO2. The zero-order valence-electron chi connectivity index (χ0n) is 15.2. The molecule has 0 saturated carbocycles. The lowest BCUT2D eigenvalue weighted by molar-refractivity contribution is 0.00784. The van der Waals surface area contributed by atoms with Gasteiger partial charge in [0.15, 0.2) is 0 Å². The first-order valence-electron chi connectivity index (χ1n) is 9.15. The van der Waals surface area contributed by atoms with Crippen molar-refractivity contribution in [3.63, 3.8) is 0 Å². The molecule has 27 heavy (non-hydrogen) atoms. The van der Waals surface area contributed by atoms with Gasteiger partial charge in [-0.15, -0.1) is 0 Å². The molecule has 0 radical (unpaired) electrons. The molecule has 3 aromatic carbocycles. The highest BCUT2D eigenvalue weighted by Crippen LogP contribution is 2.40. The molecule has 0 aliphatic rings. The maximum absolute atomic E-state index is 9.52. The number of ether oxygens (including phenoxy) is 1. The minimum Gasteiger partial charge on any atom is -0.378 e. The lowest BCUT2D eigenvalue weighted by Crippen LogP contribution is -2.33. The lowest BCUT2D eigenvalue weighted by Gasteiger charge is -2.36. The Kier molecular flexibility index (Phi) is 6.38. The van der Waals surface area contributed by atoms with E-state index in [9.17, 15) is 5.11 Å². The zero-order valence-corrected chi connectivity index (χ0v) is 15.2. The number of aliphatic hydroxyl groups is 1. The Bertz CT molecular complexity index is 760. The molecule has 1 N–H and O–H groups in total. The van der Waals surface area contributed by atoms with Crippen molar-refractivity contribution in [3.05, 3.63) is 108 Å². The van der Waals surface area contributed by atoms with E-state index in [1.165, 1.54) is 0 Å². The quantitative estimate of drug-likeness (QED) is 0.362. The molecule has 0 aliphatic heterocycles. The average Bonchev–Trinajstić information content (AvgIpc) is 2.75. The van der Waals surface area contributed by atoms with Gasteiger partial charge in [-0.05, 0) is 29.5 Å². The van der Waals surface area contributed by atoms with Crippen LogP contribution in [0.3, 0.4) is 0 Å². The van der Waals surface area contributed by atoms with Crippen molar-refractivity contribution in [1.82, 2.24) is 0 Å². The fourth-order valence-corrected chi connectivity index (χ4v) is 3.34. The minimum atomic E-state index is -0.951. The summed E-state index contributed by atoms with van der Waals surface area (Å²) in [5.41, 5.74) is 2.39. The van der Waals surface area contributed by atoms with E-state index in [1.807, 2.05) is 60.7 Å². The van der Waals surface area contributed by atoms with Gasteiger partial charge in [-0.1, -0.05) is 91.0 Å². The largest absolute Gasteiger partial charge is 0.378 e. The molecule has 0 bridgehead atoms. The maximum Gasteiger partial charge on any atom is 0.143 e. The van der Waals surface area contributed by atoms with Gasteiger partial charge in [0.05, 0.1) is 6.07 Å². The average molecular weight is 357 g/mol. The van der Waals surface area contributed by atoms with Crippen LogP contribution in [0.2, 0.25) is 0 Å². The van der Waals surface area contributed by atoms with Gasteiger partial charge in [0.1, 0.15) is 11.7 Å². The number of aliphatic hydroxyl groups excluding tert-OH is 1. The molecule has 3 heteroatoms. The number of nitriles is 1. The van der Waals surface area contributed by atoms with Crippen LogP contribution in [0.25, 0.3) is 0 Å². The smallest absolute Gasteiger partial charge is 0.143 e. The van der Waals surface area contributed by atoms with Gasteiger partial charge in [-0.25, -0.2) is 0 Å². The second-order valence-electron chi connectivity index (χ2n) is 6.41. The van der Waals surface area contributed by atoms with Crippen LogP contribution >= 0.6 is 0 Å². The Labute approximate surface area is 160 Å². The van der Waals surface area contributed by atoms with Crippen LogP contribution < -0.4 is 0 Å². The molecule has 0 saturated heterocycles. The highest BCUT2D eigenvalue weighted by atomic mass is 16.5. The summed E-state index contributed by atoms with van der Waals surface area (Å²) in [6.07, 6.45) is 0.0432. The Morgan fingerprint density at radius 3 is 1.56 bits per heavy atom. The van der Waals surface area contributed by atoms with Crippen molar-refractivity contribution in [2.75, 3.05) is 6.61 Å². The van der Waals surface area contributed by atoms with Crippen molar-refractivity contribution in [2.45, 2.75) is 24.5 Å². The number of hydrogen-bond donors (Lipinski definition) is 1. The molecule has 0 amide bonds. The summed E-state index contributed by atoms with van der Waals surface area (Å²) in [5, 5.41) is 18.3. The Hall–Kier alpha value is -2.93. The van der Waals surface area contributed by atoms with E-state index in [4.69, 9.17) is 10.00 Å². The molecule has 0 aliphatic carbocycles. The van der Waals surface area contributed by atoms with Crippen LogP contribution in [0.1, 0.15) is 29.5 Å². The van der Waals surface area contributed by atoms with Gasteiger partial charge in [0, 0.05) is 6.61 Å². The van der Waals surface area contributed by atoms with E-state index < -0.39 is 11.7 Å². The predicted octanol–water partition coefficient (Wildman–Crippen LogP) is 4.66. The molecule has 3 nitrogen and oxygen atoms in total. The van der Waals surface area contributed by atoms with Crippen molar-refractivity contribution in [2.24, 2.45) is 0 Å². The van der Waals surface area contributed by atoms with Crippen molar-refractivity contribution >= 4 is 0 Å². The number of hydrogen-bond acceptors (Lipinski definition) is 3. The monoisotopic (exact) mass is 357 g/mol. The summed E-state index contributed by atoms with van der Waals surface area (Å²) < 4.78 is 6.56. The van der Waals surface area contributed by atoms with E-state index in [2.05, 4.69) is 36.4 Å². The summed E-state index contributed by atoms with van der Waals surface area (Å²) in [5.74, 6) is 0. The highest BCUT2D eigenvalue weighted by Gasteiger charge is 2.37. The fraction of sp³-hybridized carbons (Fsp3) is 0.208. The first kappa shape index (κ1) is 18.8. The van der Waals surface area contributed by atoms with E-state index in [1.54, 1.807) is 0 Å². The molecule has 3 rings (SSSR count). The van der Waals surface area contributed by atoms with Crippen LogP contribution in [0.15, 0.2) is 91.0 Å². The lowest BCUT2D eigenvalue weighted by atomic mass is 9.80. The molecule has 136 valence electrons. The highest BCUT2D eigenvalue weighted by molar-refractivity contribution is 5.47. The summed E-state index contributed by atoms with van der Waals surface area (Å²) in [7, 11) is 0. The van der Waals surface area contributed by atoms with Gasteiger partial charge in [0.25, 0.3) is 0 Å². The van der Waals surface area contributed by atoms with E-state index >= 15 is 0 Å². The molecule has 0 fully saturated rings. The Balaban J connectivity index is 2.05. The molecular weight excluding hydrogens is 334 g/mol. The molecule has 3 aromatic rings. The van der Waals surface area contributed by atoms with Crippen LogP contribution in [-0.2, 0) is 10.3 Å². The summed E-state index contributed by atoms with van der Waals surface area (Å²) in [4.78, 5) is 0. The van der Waals surface area contributed by atoms with E-state index in [0.29, 0.717) is 19.4 Å². The molecule has 1 atom stereocenters. The SMILES string of the molecule is N#C[C@@H](O)CCCOC(c1ccccc1)(c1ccccc1)c1ccccc1. The standard InChI is InChI=1S/C24H23NO2/c25-19-23(26)17-10-18-27-24(20-11-4-1-5-12-20,21-13-6-2-7-14-21)22-15-8-3-9-16-22/h1-9,11-16,23,26H,10,17-18H2/t23-/m0/s1. The second-order valence-corrected chi connectivity index (χ2v) is 6.41. The maximum atomic E-state index is 9.52. The van der Waals surface area contributed by atoms with Gasteiger partial charge >= 0.3 is 0 Å². The number of benzene rings is 3. The van der Waals surface area contributed by atoms with Crippen LogP contribution in [0, 0.1) is 11.3 Å². The zero-order chi connectivity index (χ0) is 19.0. The fourth-order valence-electron chi connectivity index (χ4n) is 3.34. The van der Waals surface area contributed by atoms with E-state index in [0.717, 1.165) is 16.7 Å². The van der Waals surface area contributed by atoms with Gasteiger partial charge in [-0.2, -0.15) is 5.26 Å². The number of rotatable bonds is 8. The summed E-state index contributed by atoms with van der Waals surface area (Å²) >= 11 is 0. The van der Waals surface area contributed by atoms with Gasteiger partial charge < -0.3 is 9.84 Å². The van der Waals surface area contributed by atoms with Gasteiger partial charge in [0.2, 0.25) is 0 Å². The van der Waals surface area contributed by atoms with Crippen molar-refractivity contribution < 1.29 is 9.84 Å². The first-order valence-corrected chi connectivity index (χ1v) is 9.15.